The van der Waals surface area contributed by atoms with Crippen molar-refractivity contribution < 1.29 is 37.4 Å². The molecule has 3 N–H and O–H groups in total. The van der Waals surface area contributed by atoms with Crippen LogP contribution in [0.25, 0.3) is 0 Å². The number of halogens is 4. The van der Waals surface area contributed by atoms with Gasteiger partial charge in [0.05, 0.1) is 16.7 Å². The molecule has 1 atom stereocenters. The van der Waals surface area contributed by atoms with Crippen LogP contribution in [0.4, 0.5) is 8.78 Å². The molecular formula is C28H25Cl2F2N3O6. The average Bonchev–Trinajstić information content (AvgIpc) is 3.77. The second-order valence-electron chi connectivity index (χ2n) is 9.23. The first kappa shape index (κ1) is 30.0. The van der Waals surface area contributed by atoms with Crippen LogP contribution in [0.5, 0.6) is 11.5 Å². The minimum atomic E-state index is -3.07. The van der Waals surface area contributed by atoms with Gasteiger partial charge in [-0.05, 0) is 66.3 Å². The molecule has 1 saturated carbocycles. The molecule has 2 aromatic carbocycles. The van der Waals surface area contributed by atoms with Crippen molar-refractivity contribution in [2.45, 2.75) is 32.0 Å². The number of benzene rings is 2. The highest BCUT2D eigenvalue weighted by Crippen LogP contribution is 2.37. The Bertz CT molecular complexity index is 1400. The molecule has 9 nitrogen and oxygen atoms in total. The molecule has 0 saturated heterocycles. The molecule has 1 aliphatic carbocycles. The van der Waals surface area contributed by atoms with Gasteiger partial charge in [0.1, 0.15) is 12.6 Å². The predicted molar refractivity (Wildman–Crippen MR) is 145 cm³/mol. The van der Waals surface area contributed by atoms with Crippen molar-refractivity contribution in [3.63, 3.8) is 0 Å². The lowest BCUT2D eigenvalue weighted by molar-refractivity contribution is -0.148. The van der Waals surface area contributed by atoms with Crippen LogP contribution < -0.4 is 20.5 Å². The summed E-state index contributed by atoms with van der Waals surface area (Å²) in [6.07, 6.45) is 3.72. The first-order valence-electron chi connectivity index (χ1n) is 12.5. The third-order valence-corrected chi connectivity index (χ3v) is 6.82. The van der Waals surface area contributed by atoms with Gasteiger partial charge in [-0.3, -0.25) is 19.4 Å². The van der Waals surface area contributed by atoms with Crippen molar-refractivity contribution in [1.29, 1.82) is 0 Å². The topological polar surface area (TPSA) is 130 Å². The van der Waals surface area contributed by atoms with E-state index < -0.39 is 37.0 Å². The summed E-state index contributed by atoms with van der Waals surface area (Å²) < 4.78 is 42.1. The van der Waals surface area contributed by atoms with E-state index in [4.69, 9.17) is 38.4 Å². The van der Waals surface area contributed by atoms with Crippen molar-refractivity contribution in [3.8, 4) is 11.5 Å². The Morgan fingerprint density at radius 2 is 1.66 bits per heavy atom. The van der Waals surface area contributed by atoms with E-state index in [-0.39, 0.29) is 39.1 Å². The van der Waals surface area contributed by atoms with Crippen molar-refractivity contribution in [1.82, 2.24) is 10.3 Å². The normalized spacial score (nSPS) is 13.4. The van der Waals surface area contributed by atoms with Crippen molar-refractivity contribution in [2.24, 2.45) is 11.7 Å². The number of carbonyl (C=O) groups is 3. The molecule has 216 valence electrons. The predicted octanol–water partition coefficient (Wildman–Crippen LogP) is 5.13. The molecular weight excluding hydrogens is 583 g/mol. The van der Waals surface area contributed by atoms with Crippen LogP contribution in [0.3, 0.4) is 0 Å². The lowest BCUT2D eigenvalue weighted by atomic mass is 10.0. The maximum Gasteiger partial charge on any atom is 0.387 e. The molecule has 1 heterocycles. The van der Waals surface area contributed by atoms with E-state index >= 15 is 0 Å². The van der Waals surface area contributed by atoms with Crippen molar-refractivity contribution in [2.75, 3.05) is 13.2 Å². The minimum Gasteiger partial charge on any atom is -0.489 e. The lowest BCUT2D eigenvalue weighted by Crippen LogP contribution is -2.31. The highest BCUT2D eigenvalue weighted by atomic mass is 35.5. The van der Waals surface area contributed by atoms with E-state index in [1.54, 1.807) is 0 Å². The number of amides is 2. The summed E-state index contributed by atoms with van der Waals surface area (Å²) in [5, 5.41) is 2.91. The van der Waals surface area contributed by atoms with Crippen molar-refractivity contribution >= 4 is 41.0 Å². The number of esters is 1. The van der Waals surface area contributed by atoms with Crippen LogP contribution in [-0.4, -0.2) is 42.5 Å². The average molecular weight is 608 g/mol. The van der Waals surface area contributed by atoms with Gasteiger partial charge >= 0.3 is 12.6 Å². The molecule has 0 bridgehead atoms. The molecule has 13 heteroatoms. The standard InChI is InChI=1S/C28H25Cl2F2N3O6/c29-20-11-34-12-21(30)19(20)10-23(18-7-8-22(41-28(31)32)24(9-18)39-14-15-1-2-15)40-25(36)13-35-27(38)17-5-3-16(4-6-17)26(33)37/h3-9,11-12,15,23,28H,1-2,10,13-14H2,(H2,33,37)(H,35,38)/t23-/m0/s1. The number of aromatic nitrogens is 1. The Hall–Kier alpha value is -3.96. The second-order valence-corrected chi connectivity index (χ2v) is 10.0. The van der Waals surface area contributed by atoms with Crippen molar-refractivity contribution in [3.05, 3.63) is 87.2 Å². The minimum absolute atomic E-state index is 0.00552. The molecule has 41 heavy (non-hydrogen) atoms. The number of hydrogen-bond acceptors (Lipinski definition) is 7. The molecule has 1 fully saturated rings. The highest BCUT2D eigenvalue weighted by molar-refractivity contribution is 6.35. The fraction of sp³-hybridized carbons (Fsp3) is 0.286. The zero-order valence-electron chi connectivity index (χ0n) is 21.4. The van der Waals surface area contributed by atoms with E-state index in [1.165, 1.54) is 54.9 Å². The maximum atomic E-state index is 13.0. The number of ether oxygens (including phenoxy) is 3. The number of nitrogens with two attached hydrogens (primary N) is 1. The van der Waals surface area contributed by atoms with E-state index in [1.807, 2.05) is 0 Å². The fourth-order valence-corrected chi connectivity index (χ4v) is 4.33. The first-order valence-corrected chi connectivity index (χ1v) is 13.2. The van der Waals surface area contributed by atoms with E-state index in [0.29, 0.717) is 23.7 Å². The maximum absolute atomic E-state index is 13.0. The Morgan fingerprint density at radius 1 is 1.00 bits per heavy atom. The molecule has 2 amide bonds. The van der Waals surface area contributed by atoms with E-state index in [2.05, 4.69) is 15.0 Å². The lowest BCUT2D eigenvalue weighted by Gasteiger charge is -2.21. The fourth-order valence-electron chi connectivity index (χ4n) is 3.81. The summed E-state index contributed by atoms with van der Waals surface area (Å²) in [5.41, 5.74) is 6.46. The number of hydrogen-bond donors (Lipinski definition) is 2. The molecule has 1 aliphatic rings. The van der Waals surface area contributed by atoms with E-state index in [9.17, 15) is 23.2 Å². The Labute approximate surface area is 243 Å². The highest BCUT2D eigenvalue weighted by Gasteiger charge is 2.26. The molecule has 0 spiro atoms. The number of nitrogens with zero attached hydrogens (tertiary/aromatic N) is 1. The number of carbonyl (C=O) groups excluding carboxylic acids is 3. The molecule has 0 radical (unpaired) electrons. The van der Waals surface area contributed by atoms with Gasteiger partial charge in [-0.1, -0.05) is 29.3 Å². The van der Waals surface area contributed by atoms with Crippen LogP contribution in [0.1, 0.15) is 50.8 Å². The van der Waals surface area contributed by atoms with Gasteiger partial charge in [0.25, 0.3) is 5.91 Å². The number of nitrogens with one attached hydrogen (secondary N) is 1. The third-order valence-electron chi connectivity index (χ3n) is 6.17. The van der Waals surface area contributed by atoms with Gasteiger partial charge < -0.3 is 25.3 Å². The zero-order chi connectivity index (χ0) is 29.5. The first-order chi connectivity index (χ1) is 19.6. The van der Waals surface area contributed by atoms with E-state index in [0.717, 1.165) is 12.8 Å². The molecule has 0 aliphatic heterocycles. The summed E-state index contributed by atoms with van der Waals surface area (Å²) in [5.74, 6) is -1.79. The molecule has 3 aromatic rings. The third kappa shape index (κ3) is 8.51. The zero-order valence-corrected chi connectivity index (χ0v) is 23.0. The van der Waals surface area contributed by atoms with Gasteiger partial charge in [0, 0.05) is 29.9 Å². The summed E-state index contributed by atoms with van der Waals surface area (Å²) in [7, 11) is 0. The molecule has 0 unspecified atom stereocenters. The number of pyridine rings is 1. The van der Waals surface area contributed by atoms with Gasteiger partial charge in [-0.25, -0.2) is 0 Å². The van der Waals surface area contributed by atoms with Gasteiger partial charge in [0.15, 0.2) is 11.5 Å². The second kappa shape index (κ2) is 13.6. The van der Waals surface area contributed by atoms with Crippen LogP contribution in [0, 0.1) is 5.92 Å². The quantitative estimate of drug-likeness (QED) is 0.257. The van der Waals surface area contributed by atoms with Crippen LogP contribution in [0.2, 0.25) is 10.0 Å². The number of primary amides is 1. The largest absolute Gasteiger partial charge is 0.489 e. The summed E-state index contributed by atoms with van der Waals surface area (Å²) in [6.45, 7) is -3.24. The summed E-state index contributed by atoms with van der Waals surface area (Å²) in [6, 6.07) is 9.78. The van der Waals surface area contributed by atoms with Gasteiger partial charge in [-0.15, -0.1) is 0 Å². The Kier molecular flexibility index (Phi) is 9.95. The monoisotopic (exact) mass is 607 g/mol. The SMILES string of the molecule is NC(=O)c1ccc(C(=O)NCC(=O)O[C@@H](Cc2c(Cl)cncc2Cl)c2ccc(OC(F)F)c(OCC3CC3)c2)cc1. The molecule has 4 rings (SSSR count). The Balaban J connectivity index is 1.53. The van der Waals surface area contributed by atoms with Gasteiger partial charge in [0.2, 0.25) is 5.91 Å². The smallest absolute Gasteiger partial charge is 0.387 e. The summed E-state index contributed by atoms with van der Waals surface area (Å²) in [4.78, 5) is 40.5. The number of rotatable bonds is 13. The van der Waals surface area contributed by atoms with Crippen LogP contribution in [0.15, 0.2) is 54.9 Å². The van der Waals surface area contributed by atoms with Crippen LogP contribution in [-0.2, 0) is 16.0 Å². The Morgan fingerprint density at radius 3 is 2.27 bits per heavy atom. The van der Waals surface area contributed by atoms with Crippen LogP contribution >= 0.6 is 23.2 Å². The van der Waals surface area contributed by atoms with Gasteiger partial charge in [-0.2, -0.15) is 8.78 Å². The number of alkyl halides is 2. The molecule has 1 aromatic heterocycles. The summed E-state index contributed by atoms with van der Waals surface area (Å²) >= 11 is 12.6.